The number of urea groups is 1. The second-order valence-corrected chi connectivity index (χ2v) is 3.90. The van der Waals surface area contributed by atoms with Gasteiger partial charge in [-0.15, -0.1) is 0 Å². The van der Waals surface area contributed by atoms with Gasteiger partial charge in [-0.05, 0) is 27.2 Å². The van der Waals surface area contributed by atoms with Gasteiger partial charge in [0.05, 0.1) is 0 Å². The summed E-state index contributed by atoms with van der Waals surface area (Å²) < 4.78 is 5.13. The number of hydrogen-bond acceptors (Lipinski definition) is 3. The summed E-state index contributed by atoms with van der Waals surface area (Å²) in [6.45, 7) is 6.93. The largest absolute Gasteiger partial charge is 0.480 e. The maximum atomic E-state index is 11.7. The van der Waals surface area contributed by atoms with Crippen molar-refractivity contribution in [1.29, 1.82) is 0 Å². The summed E-state index contributed by atoms with van der Waals surface area (Å²) in [5.41, 5.74) is 0. The average molecular weight is 246 g/mol. The zero-order valence-corrected chi connectivity index (χ0v) is 10.7. The Bertz CT molecular complexity index is 244. The van der Waals surface area contributed by atoms with Crippen LogP contribution in [0.4, 0.5) is 4.79 Å². The van der Waals surface area contributed by atoms with E-state index >= 15 is 0 Å². The fraction of sp³-hybridized carbons (Fsp3) is 0.818. The van der Waals surface area contributed by atoms with Crippen LogP contribution in [-0.2, 0) is 9.53 Å². The molecule has 0 aromatic carbocycles. The number of carbonyl (C=O) groups is 2. The molecule has 0 rings (SSSR count). The number of hydrogen-bond donors (Lipinski definition) is 2. The molecule has 100 valence electrons. The number of nitrogens with one attached hydrogen (secondary N) is 1. The van der Waals surface area contributed by atoms with E-state index in [0.717, 1.165) is 6.42 Å². The third kappa shape index (κ3) is 7.57. The highest BCUT2D eigenvalue weighted by atomic mass is 16.5. The lowest BCUT2D eigenvalue weighted by Crippen LogP contribution is -2.46. The molecule has 0 fully saturated rings. The lowest BCUT2D eigenvalue weighted by Gasteiger charge is -2.25. The maximum absolute atomic E-state index is 11.7. The van der Waals surface area contributed by atoms with Gasteiger partial charge in [0, 0.05) is 25.8 Å². The van der Waals surface area contributed by atoms with E-state index in [0.29, 0.717) is 19.8 Å². The minimum absolute atomic E-state index is 0.141. The molecular formula is C11H22N2O4. The number of nitrogens with zero attached hydrogens (tertiary/aromatic N) is 1. The number of aliphatic carboxylic acids is 1. The van der Waals surface area contributed by atoms with Crippen molar-refractivity contribution in [1.82, 2.24) is 10.2 Å². The van der Waals surface area contributed by atoms with Crippen LogP contribution in [0.15, 0.2) is 0 Å². The van der Waals surface area contributed by atoms with Gasteiger partial charge in [0.2, 0.25) is 0 Å². The van der Waals surface area contributed by atoms with Crippen molar-refractivity contribution >= 4 is 12.0 Å². The number of carbonyl (C=O) groups excluding carboxylic acids is 1. The van der Waals surface area contributed by atoms with E-state index in [1.165, 1.54) is 4.90 Å². The first-order valence-corrected chi connectivity index (χ1v) is 5.83. The Hall–Kier alpha value is -1.30. The van der Waals surface area contributed by atoms with E-state index in [9.17, 15) is 9.59 Å². The highest BCUT2D eigenvalue weighted by molar-refractivity contribution is 5.80. The number of carboxylic acids is 1. The van der Waals surface area contributed by atoms with Crippen LogP contribution in [0.25, 0.3) is 0 Å². The van der Waals surface area contributed by atoms with Gasteiger partial charge in [-0.3, -0.25) is 4.79 Å². The van der Waals surface area contributed by atoms with Crippen LogP contribution in [0, 0.1) is 0 Å². The van der Waals surface area contributed by atoms with Gasteiger partial charge in [-0.1, -0.05) is 0 Å². The average Bonchev–Trinajstić information content (AvgIpc) is 2.24. The maximum Gasteiger partial charge on any atom is 0.323 e. The second-order valence-electron chi connectivity index (χ2n) is 3.90. The molecule has 0 aliphatic rings. The predicted molar refractivity (Wildman–Crippen MR) is 64.0 cm³/mol. The molecule has 0 heterocycles. The van der Waals surface area contributed by atoms with E-state index in [-0.39, 0.29) is 18.6 Å². The molecule has 17 heavy (non-hydrogen) atoms. The summed E-state index contributed by atoms with van der Waals surface area (Å²) in [5.74, 6) is -1.01. The van der Waals surface area contributed by atoms with Gasteiger partial charge in [-0.2, -0.15) is 0 Å². The highest BCUT2D eigenvalue weighted by Crippen LogP contribution is 1.98. The first-order chi connectivity index (χ1) is 7.99. The summed E-state index contributed by atoms with van der Waals surface area (Å²) >= 11 is 0. The van der Waals surface area contributed by atoms with Gasteiger partial charge in [0.1, 0.15) is 6.54 Å². The van der Waals surface area contributed by atoms with E-state index in [1.54, 1.807) is 13.8 Å². The zero-order valence-electron chi connectivity index (χ0n) is 10.7. The van der Waals surface area contributed by atoms with Crippen LogP contribution in [0.3, 0.4) is 0 Å². The van der Waals surface area contributed by atoms with Crippen molar-refractivity contribution in [3.8, 4) is 0 Å². The zero-order chi connectivity index (χ0) is 13.3. The molecule has 0 radical (unpaired) electrons. The first-order valence-electron chi connectivity index (χ1n) is 5.83. The minimum Gasteiger partial charge on any atom is -0.480 e. The van der Waals surface area contributed by atoms with Crippen molar-refractivity contribution in [3.05, 3.63) is 0 Å². The van der Waals surface area contributed by atoms with Crippen molar-refractivity contribution in [2.45, 2.75) is 33.2 Å². The molecule has 0 saturated carbocycles. The first kappa shape index (κ1) is 15.7. The molecule has 6 heteroatoms. The molecule has 0 aromatic rings. The third-order valence-corrected chi connectivity index (χ3v) is 2.14. The van der Waals surface area contributed by atoms with Crippen LogP contribution < -0.4 is 5.32 Å². The van der Waals surface area contributed by atoms with Gasteiger partial charge in [0.25, 0.3) is 0 Å². The molecular weight excluding hydrogens is 224 g/mol. The number of rotatable bonds is 8. The molecule has 6 nitrogen and oxygen atoms in total. The molecule has 0 spiro atoms. The predicted octanol–water partition coefficient (Wildman–Crippen LogP) is 0.918. The van der Waals surface area contributed by atoms with Crippen LogP contribution in [-0.4, -0.2) is 54.4 Å². The molecule has 0 aromatic heterocycles. The number of carboxylic acid groups (broad SMARTS) is 1. The molecule has 0 bridgehead atoms. The summed E-state index contributed by atoms with van der Waals surface area (Å²) in [6, 6.07) is -0.489. The van der Waals surface area contributed by atoms with E-state index in [4.69, 9.17) is 9.84 Å². The van der Waals surface area contributed by atoms with Gasteiger partial charge in [-0.25, -0.2) is 4.79 Å². The van der Waals surface area contributed by atoms with Crippen LogP contribution in [0.5, 0.6) is 0 Å². The van der Waals surface area contributed by atoms with Gasteiger partial charge >= 0.3 is 12.0 Å². The number of amides is 2. The Morgan fingerprint density at radius 1 is 1.41 bits per heavy atom. The summed E-state index contributed by atoms with van der Waals surface area (Å²) in [5, 5.41) is 11.4. The molecule has 2 N–H and O–H groups in total. The number of ether oxygens (including phenoxy) is 1. The highest BCUT2D eigenvalue weighted by Gasteiger charge is 2.18. The van der Waals surface area contributed by atoms with Crippen molar-refractivity contribution < 1.29 is 19.4 Å². The fourth-order valence-electron chi connectivity index (χ4n) is 1.25. The molecule has 0 atom stereocenters. The molecule has 0 unspecified atom stereocenters. The normalized spacial score (nSPS) is 10.4. The van der Waals surface area contributed by atoms with Gasteiger partial charge < -0.3 is 20.1 Å². The molecule has 0 saturated heterocycles. The van der Waals surface area contributed by atoms with E-state index in [2.05, 4.69) is 5.32 Å². The lowest BCUT2D eigenvalue weighted by atomic mass is 10.3. The standard InChI is InChI=1S/C11H22N2O4/c1-4-17-7-5-6-12-11(16)13(9(2)3)8-10(14)15/h9H,4-8H2,1-3H3,(H,12,16)(H,14,15). The van der Waals surface area contributed by atoms with Crippen molar-refractivity contribution in [2.75, 3.05) is 26.3 Å². The summed E-state index contributed by atoms with van der Waals surface area (Å²) in [7, 11) is 0. The molecule has 0 aliphatic carbocycles. The van der Waals surface area contributed by atoms with Crippen LogP contribution in [0.2, 0.25) is 0 Å². The van der Waals surface area contributed by atoms with Crippen LogP contribution in [0.1, 0.15) is 27.2 Å². The van der Waals surface area contributed by atoms with Crippen molar-refractivity contribution in [3.63, 3.8) is 0 Å². The van der Waals surface area contributed by atoms with Gasteiger partial charge in [0.15, 0.2) is 0 Å². The third-order valence-electron chi connectivity index (χ3n) is 2.14. The molecule has 2 amide bonds. The summed E-state index contributed by atoms with van der Waals surface area (Å²) in [6.07, 6.45) is 0.721. The Balaban J connectivity index is 3.94. The van der Waals surface area contributed by atoms with E-state index in [1.807, 2.05) is 6.92 Å². The minimum atomic E-state index is -1.01. The topological polar surface area (TPSA) is 78.9 Å². The Kier molecular flexibility index (Phi) is 8.13. The lowest BCUT2D eigenvalue weighted by molar-refractivity contribution is -0.138. The summed E-state index contributed by atoms with van der Waals surface area (Å²) in [4.78, 5) is 23.5. The Labute approximate surface area is 102 Å². The Morgan fingerprint density at radius 2 is 2.06 bits per heavy atom. The van der Waals surface area contributed by atoms with E-state index < -0.39 is 5.97 Å². The SMILES string of the molecule is CCOCCCNC(=O)N(CC(=O)O)C(C)C. The van der Waals surface area contributed by atoms with Crippen molar-refractivity contribution in [2.24, 2.45) is 0 Å². The monoisotopic (exact) mass is 246 g/mol. The smallest absolute Gasteiger partial charge is 0.323 e. The van der Waals surface area contributed by atoms with Crippen LogP contribution >= 0.6 is 0 Å². The second kappa shape index (κ2) is 8.81. The fourth-order valence-corrected chi connectivity index (χ4v) is 1.25. The molecule has 0 aliphatic heterocycles. The Morgan fingerprint density at radius 3 is 2.53 bits per heavy atom. The quantitative estimate of drug-likeness (QED) is 0.624.